The van der Waals surface area contributed by atoms with Crippen molar-refractivity contribution in [3.05, 3.63) is 28.2 Å². The standard InChI is InChI=1S/C13H13Cl2F3N2O/c14-10-4-3-9(6-11(10)15)19-12(21)20-5-1-2-8(7-20)13(16,17)18/h3-4,6,8H,1-2,5,7H2,(H,19,21). The number of amides is 2. The predicted octanol–water partition coefficient (Wildman–Crippen LogP) is 4.80. The van der Waals surface area contributed by atoms with Gasteiger partial charge >= 0.3 is 12.2 Å². The molecule has 1 heterocycles. The van der Waals surface area contributed by atoms with Crippen molar-refractivity contribution < 1.29 is 18.0 Å². The summed E-state index contributed by atoms with van der Waals surface area (Å²) in [5, 5.41) is 3.13. The van der Waals surface area contributed by atoms with E-state index in [9.17, 15) is 18.0 Å². The molecule has 0 saturated carbocycles. The molecule has 3 nitrogen and oxygen atoms in total. The number of likely N-dealkylation sites (tertiary alicyclic amines) is 1. The first-order valence-electron chi connectivity index (χ1n) is 6.35. The smallest absolute Gasteiger partial charge is 0.324 e. The molecule has 0 bridgehead atoms. The van der Waals surface area contributed by atoms with Crippen LogP contribution in [0.5, 0.6) is 0 Å². The number of urea groups is 1. The summed E-state index contributed by atoms with van der Waals surface area (Å²) in [5.41, 5.74) is 0.392. The van der Waals surface area contributed by atoms with E-state index in [0.29, 0.717) is 23.7 Å². The molecule has 21 heavy (non-hydrogen) atoms. The summed E-state index contributed by atoms with van der Waals surface area (Å²) in [4.78, 5) is 13.2. The van der Waals surface area contributed by atoms with E-state index in [1.165, 1.54) is 23.1 Å². The second-order valence-electron chi connectivity index (χ2n) is 4.89. The fourth-order valence-electron chi connectivity index (χ4n) is 2.21. The maximum absolute atomic E-state index is 12.7. The Bertz CT molecular complexity index is 537. The van der Waals surface area contributed by atoms with Crippen LogP contribution in [0.15, 0.2) is 18.2 Å². The molecule has 1 aliphatic rings. The average Bonchev–Trinajstić information content (AvgIpc) is 2.42. The number of hydrogen-bond donors (Lipinski definition) is 1. The van der Waals surface area contributed by atoms with Gasteiger partial charge in [0.05, 0.1) is 16.0 Å². The topological polar surface area (TPSA) is 32.3 Å². The Balaban J connectivity index is 2.01. The molecule has 1 unspecified atom stereocenters. The number of nitrogens with zero attached hydrogens (tertiary/aromatic N) is 1. The number of piperidine rings is 1. The van der Waals surface area contributed by atoms with E-state index in [-0.39, 0.29) is 18.0 Å². The van der Waals surface area contributed by atoms with E-state index in [0.717, 1.165) is 0 Å². The highest BCUT2D eigenvalue weighted by atomic mass is 35.5. The number of nitrogens with one attached hydrogen (secondary N) is 1. The van der Waals surface area contributed by atoms with Crippen LogP contribution in [0, 0.1) is 5.92 Å². The number of rotatable bonds is 1. The van der Waals surface area contributed by atoms with Crippen molar-refractivity contribution >= 4 is 34.9 Å². The summed E-state index contributed by atoms with van der Waals surface area (Å²) >= 11 is 11.6. The molecule has 1 fully saturated rings. The largest absolute Gasteiger partial charge is 0.393 e. The molecule has 1 N–H and O–H groups in total. The molecular formula is C13H13Cl2F3N2O. The number of halogens is 5. The van der Waals surface area contributed by atoms with Crippen molar-refractivity contribution in [2.45, 2.75) is 19.0 Å². The van der Waals surface area contributed by atoms with Crippen molar-refractivity contribution in [2.75, 3.05) is 18.4 Å². The van der Waals surface area contributed by atoms with Crippen LogP contribution >= 0.6 is 23.2 Å². The Morgan fingerprint density at radius 1 is 1.29 bits per heavy atom. The summed E-state index contributed by atoms with van der Waals surface area (Å²) in [7, 11) is 0. The predicted molar refractivity (Wildman–Crippen MR) is 75.8 cm³/mol. The zero-order chi connectivity index (χ0) is 15.6. The minimum absolute atomic E-state index is 0.0556. The molecule has 0 spiro atoms. The van der Waals surface area contributed by atoms with Gasteiger partial charge < -0.3 is 10.2 Å². The van der Waals surface area contributed by atoms with E-state index in [4.69, 9.17) is 23.2 Å². The summed E-state index contributed by atoms with van der Waals surface area (Å²) in [6.45, 7) is -0.0175. The number of anilines is 1. The van der Waals surface area contributed by atoms with Gasteiger partial charge in [-0.1, -0.05) is 23.2 Å². The van der Waals surface area contributed by atoms with Crippen LogP contribution in [0.3, 0.4) is 0 Å². The Morgan fingerprint density at radius 3 is 2.62 bits per heavy atom. The Kier molecular flexibility index (Phi) is 4.88. The van der Waals surface area contributed by atoms with Crippen molar-refractivity contribution in [3.63, 3.8) is 0 Å². The fourth-order valence-corrected chi connectivity index (χ4v) is 2.50. The molecule has 116 valence electrons. The van der Waals surface area contributed by atoms with Gasteiger partial charge in [0, 0.05) is 18.8 Å². The number of benzene rings is 1. The first kappa shape index (κ1) is 16.2. The summed E-state index contributed by atoms with van der Waals surface area (Å²) in [5.74, 6) is -1.47. The van der Waals surface area contributed by atoms with Gasteiger partial charge in [0.1, 0.15) is 0 Å². The number of carbonyl (C=O) groups is 1. The Labute approximate surface area is 130 Å². The first-order chi connectivity index (χ1) is 9.77. The monoisotopic (exact) mass is 340 g/mol. The number of hydrogen-bond acceptors (Lipinski definition) is 1. The van der Waals surface area contributed by atoms with E-state index in [1.54, 1.807) is 0 Å². The second kappa shape index (κ2) is 6.32. The molecule has 1 atom stereocenters. The highest BCUT2D eigenvalue weighted by Crippen LogP contribution is 2.33. The molecule has 0 radical (unpaired) electrons. The number of alkyl halides is 3. The molecule has 0 aromatic heterocycles. The molecule has 2 amide bonds. The second-order valence-corrected chi connectivity index (χ2v) is 5.70. The summed E-state index contributed by atoms with van der Waals surface area (Å²) in [6, 6.07) is 3.93. The maximum atomic E-state index is 12.7. The van der Waals surface area contributed by atoms with Crippen LogP contribution in [0.2, 0.25) is 10.0 Å². The van der Waals surface area contributed by atoms with Crippen LogP contribution in [-0.2, 0) is 0 Å². The van der Waals surface area contributed by atoms with Gasteiger partial charge in [-0.2, -0.15) is 13.2 Å². The van der Waals surface area contributed by atoms with Gasteiger partial charge in [-0.15, -0.1) is 0 Å². The molecule has 1 saturated heterocycles. The van der Waals surface area contributed by atoms with E-state index in [1.807, 2.05) is 0 Å². The van der Waals surface area contributed by atoms with E-state index in [2.05, 4.69) is 5.32 Å². The van der Waals surface area contributed by atoms with Gasteiger partial charge in [0.25, 0.3) is 0 Å². The molecular weight excluding hydrogens is 328 g/mol. The van der Waals surface area contributed by atoms with Gasteiger partial charge in [0.2, 0.25) is 0 Å². The van der Waals surface area contributed by atoms with Gasteiger partial charge in [-0.25, -0.2) is 4.79 Å². The highest BCUT2D eigenvalue weighted by Gasteiger charge is 2.42. The Morgan fingerprint density at radius 2 is 2.00 bits per heavy atom. The fraction of sp³-hybridized carbons (Fsp3) is 0.462. The average molecular weight is 341 g/mol. The van der Waals surface area contributed by atoms with Crippen LogP contribution in [0.1, 0.15) is 12.8 Å². The third-order valence-corrected chi connectivity index (χ3v) is 4.08. The lowest BCUT2D eigenvalue weighted by Gasteiger charge is -2.33. The van der Waals surface area contributed by atoms with Crippen LogP contribution in [0.4, 0.5) is 23.7 Å². The third kappa shape index (κ3) is 4.17. The SMILES string of the molecule is O=C(Nc1ccc(Cl)c(Cl)c1)N1CCCC(C(F)(F)F)C1. The lowest BCUT2D eigenvalue weighted by atomic mass is 9.98. The van der Waals surface area contributed by atoms with E-state index >= 15 is 0 Å². The first-order valence-corrected chi connectivity index (χ1v) is 7.10. The van der Waals surface area contributed by atoms with Gasteiger partial charge in [-0.3, -0.25) is 0 Å². The molecule has 1 aliphatic heterocycles. The number of carbonyl (C=O) groups excluding carboxylic acids is 1. The summed E-state index contributed by atoms with van der Waals surface area (Å²) in [6.07, 6.45) is -3.89. The molecule has 0 aliphatic carbocycles. The van der Waals surface area contributed by atoms with Crippen molar-refractivity contribution in [1.29, 1.82) is 0 Å². The molecule has 2 rings (SSSR count). The van der Waals surface area contributed by atoms with Crippen molar-refractivity contribution in [1.82, 2.24) is 4.90 Å². The van der Waals surface area contributed by atoms with Crippen LogP contribution < -0.4 is 5.32 Å². The zero-order valence-corrected chi connectivity index (χ0v) is 12.4. The maximum Gasteiger partial charge on any atom is 0.393 e. The summed E-state index contributed by atoms with van der Waals surface area (Å²) < 4.78 is 38.1. The van der Waals surface area contributed by atoms with Crippen molar-refractivity contribution in [3.8, 4) is 0 Å². The molecule has 1 aromatic rings. The lowest BCUT2D eigenvalue weighted by Crippen LogP contribution is -2.46. The minimum Gasteiger partial charge on any atom is -0.324 e. The van der Waals surface area contributed by atoms with E-state index < -0.39 is 18.1 Å². The Hall–Kier alpha value is -1.14. The molecule has 1 aromatic carbocycles. The highest BCUT2D eigenvalue weighted by molar-refractivity contribution is 6.42. The quantitative estimate of drug-likeness (QED) is 0.782. The van der Waals surface area contributed by atoms with Crippen molar-refractivity contribution in [2.24, 2.45) is 5.92 Å². The van der Waals surface area contributed by atoms with Crippen LogP contribution in [-0.4, -0.2) is 30.2 Å². The normalized spacial score (nSPS) is 19.5. The zero-order valence-electron chi connectivity index (χ0n) is 10.9. The van der Waals surface area contributed by atoms with Gasteiger partial charge in [-0.05, 0) is 31.0 Å². The lowest BCUT2D eigenvalue weighted by molar-refractivity contribution is -0.183. The van der Waals surface area contributed by atoms with Crippen LogP contribution in [0.25, 0.3) is 0 Å². The minimum atomic E-state index is -4.28. The molecule has 8 heteroatoms. The third-order valence-electron chi connectivity index (χ3n) is 3.34. The van der Waals surface area contributed by atoms with Gasteiger partial charge in [0.15, 0.2) is 0 Å².